The van der Waals surface area contributed by atoms with Crippen molar-refractivity contribution < 1.29 is 19.2 Å². The van der Waals surface area contributed by atoms with E-state index in [2.05, 4.69) is 16.2 Å². The predicted molar refractivity (Wildman–Crippen MR) is 122 cm³/mol. The van der Waals surface area contributed by atoms with E-state index in [-0.39, 0.29) is 30.6 Å². The molecule has 7 heteroatoms. The van der Waals surface area contributed by atoms with Crippen LogP contribution in [0.15, 0.2) is 60.7 Å². The van der Waals surface area contributed by atoms with E-state index in [1.807, 2.05) is 60.7 Å². The van der Waals surface area contributed by atoms with Crippen LogP contribution in [0.2, 0.25) is 0 Å². The van der Waals surface area contributed by atoms with Crippen molar-refractivity contribution in [2.45, 2.75) is 46.0 Å². The largest absolute Gasteiger partial charge is 0.296 e. The summed E-state index contributed by atoms with van der Waals surface area (Å²) in [4.78, 5) is 51.5. The molecule has 2 bridgehead atoms. The van der Waals surface area contributed by atoms with E-state index in [1.54, 1.807) is 20.8 Å². The number of piperidine rings is 1. The van der Waals surface area contributed by atoms with Gasteiger partial charge in [0.15, 0.2) is 0 Å². The van der Waals surface area contributed by atoms with Crippen molar-refractivity contribution in [1.29, 1.82) is 0 Å². The van der Waals surface area contributed by atoms with E-state index in [0.29, 0.717) is 6.42 Å². The average molecular weight is 448 g/mol. The Labute approximate surface area is 193 Å². The maximum Gasteiger partial charge on any atom is 0.250 e. The highest BCUT2D eigenvalue weighted by Gasteiger charge is 2.60. The van der Waals surface area contributed by atoms with Gasteiger partial charge in [0.2, 0.25) is 23.6 Å². The fraction of sp³-hybridized carbons (Fsp3) is 0.385. The molecule has 1 heterocycles. The van der Waals surface area contributed by atoms with Crippen LogP contribution in [0.5, 0.6) is 0 Å². The summed E-state index contributed by atoms with van der Waals surface area (Å²) in [5.74, 6) is -2.07. The molecule has 4 amide bonds. The molecule has 0 aromatic heterocycles. The van der Waals surface area contributed by atoms with Gasteiger partial charge in [-0.2, -0.15) is 0 Å². The van der Waals surface area contributed by atoms with Gasteiger partial charge in [0.1, 0.15) is 0 Å². The zero-order valence-corrected chi connectivity index (χ0v) is 19.1. The Bertz CT molecular complexity index is 1030. The van der Waals surface area contributed by atoms with E-state index >= 15 is 0 Å². The standard InChI is InChI=1S/C26H29N3O4/c1-24-14-25(2,22(32)27-21(24)31)16-26(3,15-24)23(33)29-28-20(30)19(17-10-6-4-7-11-17)18-12-8-5-9-13-18/h4-13,19H,14-16H2,1-3H3,(H,28,30)(H,29,33)(H,27,31,32). The molecule has 172 valence electrons. The summed E-state index contributed by atoms with van der Waals surface area (Å²) >= 11 is 0. The van der Waals surface area contributed by atoms with Gasteiger partial charge in [-0.05, 0) is 30.4 Å². The quantitative estimate of drug-likeness (QED) is 0.495. The Morgan fingerprint density at radius 3 is 1.67 bits per heavy atom. The molecule has 1 aliphatic heterocycles. The summed E-state index contributed by atoms with van der Waals surface area (Å²) in [5.41, 5.74) is 4.14. The third-order valence-corrected chi connectivity index (χ3v) is 7.04. The molecular formula is C26H29N3O4. The molecule has 33 heavy (non-hydrogen) atoms. The monoisotopic (exact) mass is 447 g/mol. The maximum absolute atomic E-state index is 13.3. The minimum absolute atomic E-state index is 0.289. The molecule has 1 aliphatic carbocycles. The fourth-order valence-corrected chi connectivity index (χ4v) is 5.79. The number of imide groups is 1. The summed E-state index contributed by atoms with van der Waals surface area (Å²) in [6, 6.07) is 18.7. The Hall–Kier alpha value is -3.48. The number of hydrogen-bond donors (Lipinski definition) is 3. The molecule has 7 nitrogen and oxygen atoms in total. The second-order valence-corrected chi connectivity index (χ2v) is 10.2. The van der Waals surface area contributed by atoms with Gasteiger partial charge in [0, 0.05) is 10.8 Å². The van der Waals surface area contributed by atoms with E-state index < -0.39 is 28.1 Å². The summed E-state index contributed by atoms with van der Waals surface area (Å²) in [7, 11) is 0. The number of carbonyl (C=O) groups is 4. The van der Waals surface area contributed by atoms with Gasteiger partial charge < -0.3 is 0 Å². The molecular weight excluding hydrogens is 418 g/mol. The van der Waals surface area contributed by atoms with Gasteiger partial charge in [0.05, 0.1) is 11.3 Å². The topological polar surface area (TPSA) is 104 Å². The third kappa shape index (κ3) is 4.15. The minimum Gasteiger partial charge on any atom is -0.296 e. The lowest BCUT2D eigenvalue weighted by molar-refractivity contribution is -0.165. The highest BCUT2D eigenvalue weighted by Crippen LogP contribution is 2.56. The van der Waals surface area contributed by atoms with Gasteiger partial charge in [-0.25, -0.2) is 0 Å². The SMILES string of the molecule is CC1(C(=O)NNC(=O)C(c2ccccc2)c2ccccc2)CC2(C)CC(C)(C1)C(=O)NC2=O. The first-order chi connectivity index (χ1) is 15.6. The zero-order chi connectivity index (χ0) is 23.9. The van der Waals surface area contributed by atoms with Crippen molar-refractivity contribution in [2.24, 2.45) is 16.2 Å². The summed E-state index contributed by atoms with van der Waals surface area (Å²) < 4.78 is 0. The molecule has 2 fully saturated rings. The first kappa shape index (κ1) is 22.7. The van der Waals surface area contributed by atoms with Gasteiger partial charge in [-0.3, -0.25) is 35.3 Å². The molecule has 2 aromatic rings. The number of hydrazine groups is 1. The van der Waals surface area contributed by atoms with E-state index in [9.17, 15) is 19.2 Å². The smallest absolute Gasteiger partial charge is 0.250 e. The van der Waals surface area contributed by atoms with Gasteiger partial charge in [-0.15, -0.1) is 0 Å². The highest BCUT2D eigenvalue weighted by atomic mass is 16.2. The molecule has 1 saturated carbocycles. The molecule has 2 aliphatic rings. The second-order valence-electron chi connectivity index (χ2n) is 10.2. The summed E-state index contributed by atoms with van der Waals surface area (Å²) in [6.07, 6.45) is 0.985. The van der Waals surface area contributed by atoms with Gasteiger partial charge >= 0.3 is 0 Å². The third-order valence-electron chi connectivity index (χ3n) is 7.04. The van der Waals surface area contributed by atoms with Crippen LogP contribution in [-0.4, -0.2) is 23.6 Å². The van der Waals surface area contributed by atoms with Crippen LogP contribution < -0.4 is 16.2 Å². The Kier molecular flexibility index (Phi) is 5.60. The van der Waals surface area contributed by atoms with Crippen molar-refractivity contribution in [3.8, 4) is 0 Å². The van der Waals surface area contributed by atoms with Crippen LogP contribution in [0.3, 0.4) is 0 Å². The lowest BCUT2D eigenvalue weighted by Crippen LogP contribution is -2.64. The van der Waals surface area contributed by atoms with Crippen LogP contribution in [0.1, 0.15) is 57.1 Å². The van der Waals surface area contributed by atoms with Crippen molar-refractivity contribution in [3.05, 3.63) is 71.8 Å². The number of amides is 4. The molecule has 1 saturated heterocycles. The van der Waals surface area contributed by atoms with Crippen LogP contribution in [0.25, 0.3) is 0 Å². The number of carbonyl (C=O) groups excluding carboxylic acids is 4. The Morgan fingerprint density at radius 1 is 0.758 bits per heavy atom. The lowest BCUT2D eigenvalue weighted by Gasteiger charge is -2.53. The summed E-state index contributed by atoms with van der Waals surface area (Å²) in [5, 5.41) is 2.46. The summed E-state index contributed by atoms with van der Waals surface area (Å²) in [6.45, 7) is 5.33. The molecule has 0 radical (unpaired) electrons. The lowest BCUT2D eigenvalue weighted by atomic mass is 9.52. The van der Waals surface area contributed by atoms with E-state index in [1.165, 1.54) is 0 Å². The molecule has 4 rings (SSSR count). The van der Waals surface area contributed by atoms with Gasteiger partial charge in [-0.1, -0.05) is 81.4 Å². The Morgan fingerprint density at radius 2 is 1.21 bits per heavy atom. The average Bonchev–Trinajstić information content (AvgIpc) is 2.77. The zero-order valence-electron chi connectivity index (χ0n) is 19.1. The second kappa shape index (κ2) is 8.14. The molecule has 3 N–H and O–H groups in total. The Balaban J connectivity index is 1.53. The number of benzene rings is 2. The van der Waals surface area contributed by atoms with E-state index in [4.69, 9.17) is 0 Å². The van der Waals surface area contributed by atoms with Gasteiger partial charge in [0.25, 0.3) is 0 Å². The number of rotatable bonds is 4. The number of fused-ring (bicyclic) bond motifs is 2. The molecule has 2 aromatic carbocycles. The fourth-order valence-electron chi connectivity index (χ4n) is 5.79. The number of hydrogen-bond acceptors (Lipinski definition) is 4. The van der Waals surface area contributed by atoms with E-state index in [0.717, 1.165) is 11.1 Å². The molecule has 2 unspecified atom stereocenters. The minimum atomic E-state index is -0.989. The van der Waals surface area contributed by atoms with Crippen molar-refractivity contribution >= 4 is 23.6 Å². The van der Waals surface area contributed by atoms with Crippen molar-refractivity contribution in [1.82, 2.24) is 16.2 Å². The van der Waals surface area contributed by atoms with Crippen molar-refractivity contribution in [3.63, 3.8) is 0 Å². The number of nitrogens with one attached hydrogen (secondary N) is 3. The predicted octanol–water partition coefficient (Wildman–Crippen LogP) is 2.83. The molecule has 2 atom stereocenters. The van der Waals surface area contributed by atoms with Crippen LogP contribution in [0.4, 0.5) is 0 Å². The normalized spacial score (nSPS) is 28.7. The van der Waals surface area contributed by atoms with Crippen molar-refractivity contribution in [2.75, 3.05) is 0 Å². The van der Waals surface area contributed by atoms with Crippen LogP contribution in [-0.2, 0) is 19.2 Å². The highest BCUT2D eigenvalue weighted by molar-refractivity contribution is 6.04. The first-order valence-electron chi connectivity index (χ1n) is 11.1. The molecule has 0 spiro atoms. The van der Waals surface area contributed by atoms with Crippen LogP contribution >= 0.6 is 0 Å². The van der Waals surface area contributed by atoms with Crippen LogP contribution in [0, 0.1) is 16.2 Å². The maximum atomic E-state index is 13.3. The first-order valence-corrected chi connectivity index (χ1v) is 11.1.